The molecule has 5 nitrogen and oxygen atoms in total. The van der Waals surface area contributed by atoms with Gasteiger partial charge in [-0.25, -0.2) is 0 Å². The quantitative estimate of drug-likeness (QED) is 0.483. The lowest BCUT2D eigenvalue weighted by Gasteiger charge is -2.14. The van der Waals surface area contributed by atoms with Crippen molar-refractivity contribution in [1.29, 1.82) is 0 Å². The highest BCUT2D eigenvalue weighted by molar-refractivity contribution is 7.80. The van der Waals surface area contributed by atoms with Gasteiger partial charge in [0.2, 0.25) is 0 Å². The van der Waals surface area contributed by atoms with Gasteiger partial charge in [-0.3, -0.25) is 10.9 Å². The van der Waals surface area contributed by atoms with Crippen LogP contribution in [-0.2, 0) is 6.42 Å². The number of hydrazine groups is 1. The summed E-state index contributed by atoms with van der Waals surface area (Å²) in [6, 6.07) is 17.7. The predicted octanol–water partition coefficient (Wildman–Crippen LogP) is 2.60. The topological polar surface area (TPSA) is 57.4 Å². The van der Waals surface area contributed by atoms with Crippen LogP contribution in [0.2, 0.25) is 0 Å². The van der Waals surface area contributed by atoms with E-state index in [1.54, 1.807) is 7.11 Å². The fraction of sp³-hybridized carbons (Fsp3) is 0.176. The molecule has 0 radical (unpaired) electrons. The molecule has 2 rings (SSSR count). The summed E-state index contributed by atoms with van der Waals surface area (Å²) in [6.45, 7) is 0.744. The molecule has 7 heteroatoms. The summed E-state index contributed by atoms with van der Waals surface area (Å²) >= 11 is 10.4. The van der Waals surface area contributed by atoms with Crippen LogP contribution < -0.4 is 26.2 Å². The van der Waals surface area contributed by atoms with Crippen molar-refractivity contribution in [3.8, 4) is 5.75 Å². The van der Waals surface area contributed by atoms with Crippen LogP contribution in [0.5, 0.6) is 5.75 Å². The third kappa shape index (κ3) is 6.39. The van der Waals surface area contributed by atoms with Gasteiger partial charge < -0.3 is 15.4 Å². The van der Waals surface area contributed by atoms with Crippen LogP contribution in [0.4, 0.5) is 5.69 Å². The highest BCUT2D eigenvalue weighted by Crippen LogP contribution is 2.16. The van der Waals surface area contributed by atoms with Crippen LogP contribution in [0.1, 0.15) is 5.56 Å². The number of benzene rings is 2. The molecule has 0 bridgehead atoms. The summed E-state index contributed by atoms with van der Waals surface area (Å²) in [5.74, 6) is 0.758. The third-order valence-corrected chi connectivity index (χ3v) is 3.61. The van der Waals surface area contributed by atoms with E-state index in [-0.39, 0.29) is 0 Å². The lowest BCUT2D eigenvalue weighted by atomic mass is 10.1. The first-order chi connectivity index (χ1) is 11.7. The first-order valence-corrected chi connectivity index (χ1v) is 8.28. The number of nitrogens with one attached hydrogen (secondary N) is 4. The maximum absolute atomic E-state index is 5.21. The van der Waals surface area contributed by atoms with Gasteiger partial charge in [0, 0.05) is 18.3 Å². The van der Waals surface area contributed by atoms with Crippen LogP contribution in [-0.4, -0.2) is 23.9 Å². The summed E-state index contributed by atoms with van der Waals surface area (Å²) in [7, 11) is 1.62. The Morgan fingerprint density at radius 3 is 2.46 bits per heavy atom. The van der Waals surface area contributed by atoms with Crippen LogP contribution >= 0.6 is 24.4 Å². The molecule has 0 fully saturated rings. The molecule has 0 aliphatic heterocycles. The van der Waals surface area contributed by atoms with E-state index in [2.05, 4.69) is 33.6 Å². The average Bonchev–Trinajstić information content (AvgIpc) is 2.61. The molecular formula is C17H20N4OS2. The number of rotatable bonds is 5. The predicted molar refractivity (Wildman–Crippen MR) is 106 cm³/mol. The van der Waals surface area contributed by atoms with E-state index in [9.17, 15) is 0 Å². The van der Waals surface area contributed by atoms with E-state index in [1.165, 1.54) is 5.56 Å². The SMILES string of the molecule is COc1cccc(NC(=S)NNC(=S)NCCc2ccccc2)c1. The minimum Gasteiger partial charge on any atom is -0.497 e. The van der Waals surface area contributed by atoms with Gasteiger partial charge in [-0.1, -0.05) is 36.4 Å². The highest BCUT2D eigenvalue weighted by Gasteiger charge is 2.00. The molecule has 2 aromatic rings. The van der Waals surface area contributed by atoms with E-state index in [4.69, 9.17) is 29.2 Å². The van der Waals surface area contributed by atoms with Crippen molar-refractivity contribution in [3.63, 3.8) is 0 Å². The van der Waals surface area contributed by atoms with Crippen molar-refractivity contribution in [3.05, 3.63) is 60.2 Å². The molecule has 2 aromatic carbocycles. The number of hydrogen-bond acceptors (Lipinski definition) is 3. The largest absolute Gasteiger partial charge is 0.497 e. The van der Waals surface area contributed by atoms with Crippen molar-refractivity contribution in [2.24, 2.45) is 0 Å². The van der Waals surface area contributed by atoms with Crippen molar-refractivity contribution in [2.75, 3.05) is 19.0 Å². The molecule has 0 aliphatic rings. The number of anilines is 1. The Kier molecular flexibility index (Phi) is 7.25. The van der Waals surface area contributed by atoms with Crippen LogP contribution in [0, 0.1) is 0 Å². The molecule has 0 saturated carbocycles. The van der Waals surface area contributed by atoms with Gasteiger partial charge in [0.05, 0.1) is 7.11 Å². The van der Waals surface area contributed by atoms with Gasteiger partial charge in [0.15, 0.2) is 10.2 Å². The molecule has 0 spiro atoms. The van der Waals surface area contributed by atoms with E-state index in [0.717, 1.165) is 24.4 Å². The normalized spacial score (nSPS) is 9.71. The molecule has 0 saturated heterocycles. The zero-order valence-electron chi connectivity index (χ0n) is 13.3. The van der Waals surface area contributed by atoms with E-state index >= 15 is 0 Å². The van der Waals surface area contributed by atoms with E-state index in [0.29, 0.717) is 10.2 Å². The fourth-order valence-electron chi connectivity index (χ4n) is 1.99. The zero-order chi connectivity index (χ0) is 17.2. The number of methoxy groups -OCH3 is 1. The van der Waals surface area contributed by atoms with Gasteiger partial charge >= 0.3 is 0 Å². The maximum atomic E-state index is 5.21. The van der Waals surface area contributed by atoms with E-state index in [1.807, 2.05) is 42.5 Å². The summed E-state index contributed by atoms with van der Waals surface area (Å²) in [5.41, 5.74) is 7.79. The van der Waals surface area contributed by atoms with Crippen molar-refractivity contribution < 1.29 is 4.74 Å². The number of hydrogen-bond donors (Lipinski definition) is 4. The third-order valence-electron chi connectivity index (χ3n) is 3.16. The average molecular weight is 361 g/mol. The highest BCUT2D eigenvalue weighted by atomic mass is 32.1. The van der Waals surface area contributed by atoms with Crippen LogP contribution in [0.25, 0.3) is 0 Å². The van der Waals surface area contributed by atoms with Gasteiger partial charge in [0.1, 0.15) is 5.75 Å². The van der Waals surface area contributed by atoms with Crippen molar-refractivity contribution >= 4 is 40.3 Å². The summed E-state index contributed by atoms with van der Waals surface area (Å²) < 4.78 is 5.17. The molecule has 4 N–H and O–H groups in total. The van der Waals surface area contributed by atoms with Crippen molar-refractivity contribution in [2.45, 2.75) is 6.42 Å². The Hall–Kier alpha value is -2.38. The molecule has 0 heterocycles. The standard InChI is InChI=1S/C17H20N4OS2/c1-22-15-9-5-8-14(12-15)19-17(24)21-20-16(23)18-11-10-13-6-3-2-4-7-13/h2-9,12H,10-11H2,1H3,(H2,18,20,23)(H2,19,21,24). The number of ether oxygens (including phenoxy) is 1. The monoisotopic (exact) mass is 360 g/mol. The Labute approximate surface area is 152 Å². The van der Waals surface area contributed by atoms with Crippen molar-refractivity contribution in [1.82, 2.24) is 16.2 Å². The fourth-order valence-corrected chi connectivity index (χ4v) is 2.31. The second kappa shape index (κ2) is 9.69. The number of thiocarbonyl (C=S) groups is 2. The zero-order valence-corrected chi connectivity index (χ0v) is 15.0. The molecular weight excluding hydrogens is 340 g/mol. The van der Waals surface area contributed by atoms with Crippen LogP contribution in [0.3, 0.4) is 0 Å². The first kappa shape index (κ1) is 18.0. The van der Waals surface area contributed by atoms with Gasteiger partial charge in [0.25, 0.3) is 0 Å². The second-order valence-electron chi connectivity index (χ2n) is 4.93. The summed E-state index contributed by atoms with van der Waals surface area (Å²) in [6.07, 6.45) is 0.898. The lowest BCUT2D eigenvalue weighted by molar-refractivity contribution is 0.415. The summed E-state index contributed by atoms with van der Waals surface area (Å²) in [5, 5.41) is 7.06. The Balaban J connectivity index is 1.66. The van der Waals surface area contributed by atoms with Gasteiger partial charge in [-0.2, -0.15) is 0 Å². The minimum absolute atomic E-state index is 0.412. The van der Waals surface area contributed by atoms with Crippen LogP contribution in [0.15, 0.2) is 54.6 Å². The minimum atomic E-state index is 0.412. The Morgan fingerprint density at radius 1 is 0.958 bits per heavy atom. The maximum Gasteiger partial charge on any atom is 0.189 e. The van der Waals surface area contributed by atoms with Gasteiger partial charge in [-0.15, -0.1) is 0 Å². The van der Waals surface area contributed by atoms with E-state index < -0.39 is 0 Å². The molecule has 0 unspecified atom stereocenters. The van der Waals surface area contributed by atoms with Gasteiger partial charge in [-0.05, 0) is 48.6 Å². The second-order valence-corrected chi connectivity index (χ2v) is 5.74. The molecule has 126 valence electrons. The molecule has 0 atom stereocenters. The first-order valence-electron chi connectivity index (χ1n) is 7.46. The molecule has 0 aliphatic carbocycles. The lowest BCUT2D eigenvalue weighted by Crippen LogP contribution is -2.48. The molecule has 0 aromatic heterocycles. The molecule has 0 amide bonds. The Morgan fingerprint density at radius 2 is 1.71 bits per heavy atom. The Bertz CT molecular complexity index is 679. The molecule has 24 heavy (non-hydrogen) atoms. The summed E-state index contributed by atoms with van der Waals surface area (Å²) in [4.78, 5) is 0. The smallest absolute Gasteiger partial charge is 0.189 e.